The van der Waals surface area contributed by atoms with Crippen LogP contribution in [0.25, 0.3) is 0 Å². The zero-order valence-corrected chi connectivity index (χ0v) is 12.6. The van der Waals surface area contributed by atoms with Gasteiger partial charge in [0.05, 0.1) is 12.7 Å². The second-order valence-corrected chi connectivity index (χ2v) is 5.31. The Bertz CT molecular complexity index is 489. The SMILES string of the molecule is COCCNC(=O)C(C)Oc1ccc2c(c1)CCCC2O. The molecule has 2 atom stereocenters. The largest absolute Gasteiger partial charge is 0.481 e. The van der Waals surface area contributed by atoms with E-state index in [1.165, 1.54) is 0 Å². The van der Waals surface area contributed by atoms with E-state index in [9.17, 15) is 9.90 Å². The van der Waals surface area contributed by atoms with E-state index in [4.69, 9.17) is 9.47 Å². The average molecular weight is 293 g/mol. The molecule has 0 spiro atoms. The first kappa shape index (κ1) is 15.8. The monoisotopic (exact) mass is 293 g/mol. The van der Waals surface area contributed by atoms with Crippen LogP contribution in [-0.2, 0) is 16.0 Å². The molecule has 1 aromatic carbocycles. The van der Waals surface area contributed by atoms with E-state index in [-0.39, 0.29) is 12.0 Å². The molecule has 1 aliphatic rings. The van der Waals surface area contributed by atoms with E-state index < -0.39 is 6.10 Å². The number of methoxy groups -OCH3 is 1. The molecule has 116 valence electrons. The molecular weight excluding hydrogens is 270 g/mol. The summed E-state index contributed by atoms with van der Waals surface area (Å²) < 4.78 is 10.6. The second-order valence-electron chi connectivity index (χ2n) is 5.31. The van der Waals surface area contributed by atoms with Crippen LogP contribution in [0.5, 0.6) is 5.75 Å². The summed E-state index contributed by atoms with van der Waals surface area (Å²) in [4.78, 5) is 11.8. The van der Waals surface area contributed by atoms with Crippen LogP contribution in [0.15, 0.2) is 18.2 Å². The molecule has 5 heteroatoms. The molecule has 0 aromatic heterocycles. The van der Waals surface area contributed by atoms with Crippen LogP contribution in [-0.4, -0.2) is 37.4 Å². The van der Waals surface area contributed by atoms with Crippen molar-refractivity contribution < 1.29 is 19.4 Å². The van der Waals surface area contributed by atoms with Crippen molar-refractivity contribution in [2.45, 2.75) is 38.4 Å². The van der Waals surface area contributed by atoms with E-state index in [1.54, 1.807) is 14.0 Å². The minimum absolute atomic E-state index is 0.162. The fourth-order valence-corrected chi connectivity index (χ4v) is 2.52. The number of nitrogens with one attached hydrogen (secondary N) is 1. The van der Waals surface area contributed by atoms with Crippen molar-refractivity contribution in [1.29, 1.82) is 0 Å². The standard InChI is InChI=1S/C16H23NO4/c1-11(16(19)17-8-9-20-2)21-13-6-7-14-12(10-13)4-3-5-15(14)18/h6-7,10-11,15,18H,3-5,8-9H2,1-2H3,(H,17,19). The van der Waals surface area contributed by atoms with Gasteiger partial charge in [-0.05, 0) is 49.4 Å². The molecule has 0 aliphatic heterocycles. The van der Waals surface area contributed by atoms with Gasteiger partial charge in [0, 0.05) is 13.7 Å². The molecule has 5 nitrogen and oxygen atoms in total. The zero-order chi connectivity index (χ0) is 15.2. The number of carbonyl (C=O) groups is 1. The Balaban J connectivity index is 1.95. The van der Waals surface area contributed by atoms with E-state index in [0.717, 1.165) is 30.4 Å². The number of ether oxygens (including phenoxy) is 2. The molecule has 0 saturated carbocycles. The number of benzene rings is 1. The van der Waals surface area contributed by atoms with Crippen molar-refractivity contribution in [2.24, 2.45) is 0 Å². The highest BCUT2D eigenvalue weighted by Crippen LogP contribution is 2.32. The van der Waals surface area contributed by atoms with Crippen LogP contribution >= 0.6 is 0 Å². The van der Waals surface area contributed by atoms with E-state index in [1.807, 2.05) is 18.2 Å². The van der Waals surface area contributed by atoms with Crippen molar-refractivity contribution in [3.63, 3.8) is 0 Å². The number of rotatable bonds is 6. The fourth-order valence-electron chi connectivity index (χ4n) is 2.52. The number of carbonyl (C=O) groups excluding carboxylic acids is 1. The lowest BCUT2D eigenvalue weighted by Crippen LogP contribution is -2.37. The molecule has 21 heavy (non-hydrogen) atoms. The van der Waals surface area contributed by atoms with Crippen LogP contribution in [0.3, 0.4) is 0 Å². The van der Waals surface area contributed by atoms with Crippen molar-refractivity contribution in [1.82, 2.24) is 5.32 Å². The third-order valence-electron chi connectivity index (χ3n) is 3.68. The van der Waals surface area contributed by atoms with Gasteiger partial charge in [-0.1, -0.05) is 6.07 Å². The molecule has 1 aromatic rings. The summed E-state index contributed by atoms with van der Waals surface area (Å²) in [5, 5.41) is 12.7. The first-order valence-electron chi connectivity index (χ1n) is 7.36. The van der Waals surface area contributed by atoms with E-state index >= 15 is 0 Å². The summed E-state index contributed by atoms with van der Waals surface area (Å²) in [5.41, 5.74) is 2.09. The molecule has 2 unspecified atom stereocenters. The number of aliphatic hydroxyl groups is 1. The number of hydrogen-bond donors (Lipinski definition) is 2. The predicted molar refractivity (Wildman–Crippen MR) is 79.3 cm³/mol. The molecule has 2 N–H and O–H groups in total. The van der Waals surface area contributed by atoms with Gasteiger partial charge in [0.25, 0.3) is 5.91 Å². The maximum absolute atomic E-state index is 11.8. The number of fused-ring (bicyclic) bond motifs is 1. The Morgan fingerprint density at radius 2 is 2.33 bits per heavy atom. The number of aliphatic hydroxyl groups excluding tert-OH is 1. The normalized spacial score (nSPS) is 18.7. The third-order valence-corrected chi connectivity index (χ3v) is 3.68. The van der Waals surface area contributed by atoms with Gasteiger partial charge >= 0.3 is 0 Å². The summed E-state index contributed by atoms with van der Waals surface area (Å²) in [5.74, 6) is 0.502. The number of amides is 1. The molecule has 0 saturated heterocycles. The minimum atomic E-state index is -0.562. The first-order chi connectivity index (χ1) is 10.1. The molecule has 1 aliphatic carbocycles. The predicted octanol–water partition coefficient (Wildman–Crippen LogP) is 1.59. The number of hydrogen-bond acceptors (Lipinski definition) is 4. The van der Waals surface area contributed by atoms with Gasteiger partial charge in [0.15, 0.2) is 6.10 Å². The maximum atomic E-state index is 11.8. The highest BCUT2D eigenvalue weighted by Gasteiger charge is 2.19. The molecule has 0 bridgehead atoms. The molecule has 0 radical (unpaired) electrons. The van der Waals surface area contributed by atoms with Crippen LogP contribution in [0, 0.1) is 0 Å². The summed E-state index contributed by atoms with van der Waals surface area (Å²) in [7, 11) is 1.59. The molecule has 0 fully saturated rings. The van der Waals surface area contributed by atoms with Crippen LogP contribution in [0.4, 0.5) is 0 Å². The smallest absolute Gasteiger partial charge is 0.260 e. The van der Waals surface area contributed by atoms with Crippen molar-refractivity contribution in [2.75, 3.05) is 20.3 Å². The Morgan fingerprint density at radius 3 is 3.10 bits per heavy atom. The van der Waals surface area contributed by atoms with Crippen LogP contribution < -0.4 is 10.1 Å². The average Bonchev–Trinajstić information content (AvgIpc) is 2.47. The lowest BCUT2D eigenvalue weighted by molar-refractivity contribution is -0.127. The van der Waals surface area contributed by atoms with Gasteiger partial charge in [-0.3, -0.25) is 4.79 Å². The lowest BCUT2D eigenvalue weighted by atomic mass is 9.89. The minimum Gasteiger partial charge on any atom is -0.481 e. The maximum Gasteiger partial charge on any atom is 0.260 e. The van der Waals surface area contributed by atoms with Gasteiger partial charge < -0.3 is 19.9 Å². The van der Waals surface area contributed by atoms with E-state index in [0.29, 0.717) is 18.9 Å². The Hall–Kier alpha value is -1.59. The quantitative estimate of drug-likeness (QED) is 0.782. The highest BCUT2D eigenvalue weighted by molar-refractivity contribution is 5.80. The van der Waals surface area contributed by atoms with Gasteiger partial charge in [-0.25, -0.2) is 0 Å². The van der Waals surface area contributed by atoms with Crippen molar-refractivity contribution >= 4 is 5.91 Å². The van der Waals surface area contributed by atoms with Crippen molar-refractivity contribution in [3.05, 3.63) is 29.3 Å². The Kier molecular flexibility index (Phi) is 5.59. The Labute approximate surface area is 125 Å². The highest BCUT2D eigenvalue weighted by atomic mass is 16.5. The third kappa shape index (κ3) is 4.19. The molecule has 0 heterocycles. The van der Waals surface area contributed by atoms with Gasteiger partial charge in [0.2, 0.25) is 0 Å². The van der Waals surface area contributed by atoms with E-state index in [2.05, 4.69) is 5.32 Å². The van der Waals surface area contributed by atoms with Gasteiger partial charge in [-0.2, -0.15) is 0 Å². The summed E-state index contributed by atoms with van der Waals surface area (Å²) >= 11 is 0. The zero-order valence-electron chi connectivity index (χ0n) is 12.6. The van der Waals surface area contributed by atoms with Gasteiger partial charge in [0.1, 0.15) is 5.75 Å². The first-order valence-corrected chi connectivity index (χ1v) is 7.36. The molecule has 2 rings (SSSR count). The second kappa shape index (κ2) is 7.43. The van der Waals surface area contributed by atoms with Crippen LogP contribution in [0.2, 0.25) is 0 Å². The fraction of sp³-hybridized carbons (Fsp3) is 0.562. The Morgan fingerprint density at radius 1 is 1.52 bits per heavy atom. The lowest BCUT2D eigenvalue weighted by Gasteiger charge is -2.22. The van der Waals surface area contributed by atoms with Crippen molar-refractivity contribution in [3.8, 4) is 5.75 Å². The van der Waals surface area contributed by atoms with Crippen LogP contribution in [0.1, 0.15) is 37.0 Å². The number of aryl methyl sites for hydroxylation is 1. The molecule has 1 amide bonds. The van der Waals surface area contributed by atoms with Gasteiger partial charge in [-0.15, -0.1) is 0 Å². The molecular formula is C16H23NO4. The summed E-state index contributed by atoms with van der Waals surface area (Å²) in [6.07, 6.45) is 1.79. The summed E-state index contributed by atoms with van der Waals surface area (Å²) in [6, 6.07) is 5.63. The topological polar surface area (TPSA) is 67.8 Å². The summed E-state index contributed by atoms with van der Waals surface area (Å²) in [6.45, 7) is 2.67.